The number of carbonyl (C=O) groups is 1. The van der Waals surface area contributed by atoms with E-state index in [0.29, 0.717) is 20.4 Å². The SMILES string of the molecule is CCPC(C)(C)C(=O)OC12CCC(CCO)CC1=CCC(CC)C2. The Balaban J connectivity index is 2.20. The van der Waals surface area contributed by atoms with Gasteiger partial charge in [-0.15, -0.1) is 8.58 Å². The molecule has 0 radical (unpaired) electrons. The summed E-state index contributed by atoms with van der Waals surface area (Å²) < 4.78 is 6.30. The molecular weight excluding hydrogens is 319 g/mol. The lowest BCUT2D eigenvalue weighted by Gasteiger charge is -2.47. The van der Waals surface area contributed by atoms with Crippen molar-refractivity contribution >= 4 is 14.6 Å². The minimum atomic E-state index is -0.379. The lowest BCUT2D eigenvalue weighted by atomic mass is 9.66. The van der Waals surface area contributed by atoms with Crippen LogP contribution in [0.25, 0.3) is 0 Å². The maximum Gasteiger partial charge on any atom is 0.316 e. The zero-order valence-corrected chi connectivity index (χ0v) is 16.9. The Hall–Kier alpha value is -0.400. The zero-order chi connectivity index (χ0) is 17.8. The largest absolute Gasteiger partial charge is 0.454 e. The molecule has 0 aromatic carbocycles. The van der Waals surface area contributed by atoms with Gasteiger partial charge in [0.25, 0.3) is 0 Å². The monoisotopic (exact) mass is 354 g/mol. The van der Waals surface area contributed by atoms with Crippen LogP contribution in [0.5, 0.6) is 0 Å². The average Bonchev–Trinajstić information content (AvgIpc) is 2.54. The van der Waals surface area contributed by atoms with Gasteiger partial charge in [0.1, 0.15) is 5.60 Å². The van der Waals surface area contributed by atoms with Gasteiger partial charge in [-0.25, -0.2) is 0 Å². The highest BCUT2D eigenvalue weighted by atomic mass is 31.1. The molecule has 0 spiro atoms. The smallest absolute Gasteiger partial charge is 0.316 e. The third-order valence-electron chi connectivity index (χ3n) is 5.90. The van der Waals surface area contributed by atoms with Crippen molar-refractivity contribution in [1.82, 2.24) is 0 Å². The van der Waals surface area contributed by atoms with E-state index < -0.39 is 0 Å². The topological polar surface area (TPSA) is 46.5 Å². The molecular formula is C20H35O3P. The predicted molar refractivity (Wildman–Crippen MR) is 102 cm³/mol. The summed E-state index contributed by atoms with van der Waals surface area (Å²) in [6.07, 6.45) is 10.4. The number of allylic oxidation sites excluding steroid dienone is 1. The van der Waals surface area contributed by atoms with Gasteiger partial charge in [0.2, 0.25) is 0 Å². The molecule has 0 aromatic heterocycles. The Morgan fingerprint density at radius 3 is 2.79 bits per heavy atom. The molecule has 0 aromatic rings. The van der Waals surface area contributed by atoms with Crippen LogP contribution in [0.4, 0.5) is 0 Å². The fourth-order valence-corrected chi connectivity index (χ4v) is 5.35. The molecule has 2 rings (SSSR count). The second-order valence-corrected chi connectivity index (χ2v) is 10.4. The molecule has 138 valence electrons. The van der Waals surface area contributed by atoms with Crippen LogP contribution in [0.1, 0.15) is 72.6 Å². The summed E-state index contributed by atoms with van der Waals surface area (Å²) in [5.41, 5.74) is 0.971. The van der Waals surface area contributed by atoms with Crippen LogP contribution in [0.15, 0.2) is 11.6 Å². The quantitative estimate of drug-likeness (QED) is 0.410. The standard InChI is InChI=1S/C20H35O3P/c1-5-15-7-8-17-13-16(10-12-21)9-11-20(17,14-15)23-18(22)19(3,4)24-6-2/h8,15-16,21,24H,5-7,9-14H2,1-4H3. The van der Waals surface area contributed by atoms with E-state index in [1.807, 2.05) is 13.8 Å². The molecule has 1 fully saturated rings. The van der Waals surface area contributed by atoms with Gasteiger partial charge >= 0.3 is 5.97 Å². The second kappa shape index (κ2) is 8.32. The molecule has 4 heteroatoms. The molecule has 0 amide bonds. The van der Waals surface area contributed by atoms with E-state index in [4.69, 9.17) is 4.74 Å². The number of rotatable bonds is 7. The van der Waals surface area contributed by atoms with Crippen molar-refractivity contribution in [1.29, 1.82) is 0 Å². The Morgan fingerprint density at radius 1 is 1.42 bits per heavy atom. The van der Waals surface area contributed by atoms with E-state index in [2.05, 4.69) is 19.9 Å². The molecule has 0 saturated heterocycles. The number of esters is 1. The highest BCUT2D eigenvalue weighted by molar-refractivity contribution is 7.41. The molecule has 2 aliphatic rings. The second-order valence-electron chi connectivity index (χ2n) is 8.10. The first-order chi connectivity index (χ1) is 11.4. The minimum Gasteiger partial charge on any atom is -0.454 e. The van der Waals surface area contributed by atoms with E-state index >= 15 is 0 Å². The van der Waals surface area contributed by atoms with Gasteiger partial charge in [0.15, 0.2) is 0 Å². The summed E-state index contributed by atoms with van der Waals surface area (Å²) >= 11 is 0. The van der Waals surface area contributed by atoms with Crippen LogP contribution in [-0.4, -0.2) is 34.6 Å². The van der Waals surface area contributed by atoms with Crippen LogP contribution in [0.2, 0.25) is 0 Å². The maximum absolute atomic E-state index is 12.9. The van der Waals surface area contributed by atoms with Crippen LogP contribution < -0.4 is 0 Å². The number of carbonyl (C=O) groups excluding carboxylic acids is 1. The highest BCUT2D eigenvalue weighted by Crippen LogP contribution is 2.49. The first-order valence-electron chi connectivity index (χ1n) is 9.65. The molecule has 2 aliphatic carbocycles. The number of hydrogen-bond donors (Lipinski definition) is 1. The molecule has 4 unspecified atom stereocenters. The first-order valence-corrected chi connectivity index (χ1v) is 10.9. The third kappa shape index (κ3) is 4.41. The Morgan fingerprint density at radius 2 is 2.17 bits per heavy atom. The summed E-state index contributed by atoms with van der Waals surface area (Å²) in [6, 6.07) is 0. The number of fused-ring (bicyclic) bond motifs is 1. The van der Waals surface area contributed by atoms with Gasteiger partial charge in [-0.1, -0.05) is 26.3 Å². The molecule has 1 N–H and O–H groups in total. The summed E-state index contributed by atoms with van der Waals surface area (Å²) in [6.45, 7) is 8.67. The van der Waals surface area contributed by atoms with E-state index in [9.17, 15) is 9.90 Å². The summed E-state index contributed by atoms with van der Waals surface area (Å²) in [5, 5.41) is 8.89. The highest BCUT2D eigenvalue weighted by Gasteiger charge is 2.47. The predicted octanol–water partition coefficient (Wildman–Crippen LogP) is 4.67. The van der Waals surface area contributed by atoms with Gasteiger partial charge in [0, 0.05) is 6.61 Å². The minimum absolute atomic E-state index is 0.0223. The van der Waals surface area contributed by atoms with E-state index in [0.717, 1.165) is 51.1 Å². The fraction of sp³-hybridized carbons (Fsp3) is 0.850. The number of hydrogen-bond acceptors (Lipinski definition) is 3. The van der Waals surface area contributed by atoms with Gasteiger partial charge in [0.05, 0.1) is 5.16 Å². The number of aliphatic hydroxyl groups excluding tert-OH is 1. The molecule has 0 aliphatic heterocycles. The Bertz CT molecular complexity index is 472. The summed E-state index contributed by atoms with van der Waals surface area (Å²) in [5.74, 6) is 1.13. The molecule has 0 bridgehead atoms. The maximum atomic E-state index is 12.9. The lowest BCUT2D eigenvalue weighted by molar-refractivity contribution is -0.163. The summed E-state index contributed by atoms with van der Waals surface area (Å²) in [4.78, 5) is 12.9. The van der Waals surface area contributed by atoms with E-state index in [-0.39, 0.29) is 23.3 Å². The lowest BCUT2D eigenvalue weighted by Crippen LogP contribution is -2.47. The average molecular weight is 354 g/mol. The Kier molecular flexibility index (Phi) is 6.90. The van der Waals surface area contributed by atoms with Crippen molar-refractivity contribution in [3.05, 3.63) is 11.6 Å². The third-order valence-corrected chi connectivity index (χ3v) is 7.34. The van der Waals surface area contributed by atoms with Crippen molar-refractivity contribution in [3.63, 3.8) is 0 Å². The Labute approximate surface area is 149 Å². The van der Waals surface area contributed by atoms with Crippen molar-refractivity contribution in [2.45, 2.75) is 83.4 Å². The summed E-state index contributed by atoms with van der Waals surface area (Å²) in [7, 11) is 0.604. The normalized spacial score (nSPS) is 31.0. The van der Waals surface area contributed by atoms with Crippen molar-refractivity contribution in [3.8, 4) is 0 Å². The van der Waals surface area contributed by atoms with Crippen molar-refractivity contribution in [2.24, 2.45) is 11.8 Å². The van der Waals surface area contributed by atoms with Gasteiger partial charge < -0.3 is 9.84 Å². The number of ether oxygens (including phenoxy) is 1. The van der Waals surface area contributed by atoms with Gasteiger partial charge in [-0.2, -0.15) is 0 Å². The van der Waals surface area contributed by atoms with Crippen LogP contribution in [0.3, 0.4) is 0 Å². The first kappa shape index (κ1) is 19.9. The van der Waals surface area contributed by atoms with E-state index in [1.165, 1.54) is 5.57 Å². The fourth-order valence-electron chi connectivity index (χ4n) is 4.28. The molecule has 1 saturated carbocycles. The van der Waals surface area contributed by atoms with Crippen molar-refractivity contribution in [2.75, 3.05) is 12.8 Å². The van der Waals surface area contributed by atoms with E-state index in [1.54, 1.807) is 0 Å². The molecule has 4 atom stereocenters. The number of aliphatic hydroxyl groups is 1. The zero-order valence-electron chi connectivity index (χ0n) is 15.9. The molecule has 0 heterocycles. The van der Waals surface area contributed by atoms with Gasteiger partial charge in [-0.3, -0.25) is 4.79 Å². The van der Waals surface area contributed by atoms with Crippen molar-refractivity contribution < 1.29 is 14.6 Å². The van der Waals surface area contributed by atoms with Crippen LogP contribution in [0, 0.1) is 11.8 Å². The van der Waals surface area contributed by atoms with Crippen LogP contribution >= 0.6 is 8.58 Å². The molecule has 3 nitrogen and oxygen atoms in total. The van der Waals surface area contributed by atoms with Gasteiger partial charge in [-0.05, 0) is 75.9 Å². The molecule has 24 heavy (non-hydrogen) atoms. The van der Waals surface area contributed by atoms with Crippen LogP contribution in [-0.2, 0) is 9.53 Å².